The molecule has 3 heterocycles. The molecule has 0 aromatic carbocycles. The van der Waals surface area contributed by atoms with E-state index >= 15 is 0 Å². The second-order valence-corrected chi connectivity index (χ2v) is 6.26. The molecule has 5 unspecified atom stereocenters. The lowest BCUT2D eigenvalue weighted by Gasteiger charge is -2.30. The van der Waals surface area contributed by atoms with Crippen molar-refractivity contribution in [1.82, 2.24) is 10.2 Å². The highest BCUT2D eigenvalue weighted by molar-refractivity contribution is 5.80. The normalized spacial score (nSPS) is 41.8. The fraction of sp³-hybridized carbons (Fsp3) is 0.933. The molecule has 108 valence electrons. The average Bonchev–Trinajstić information content (AvgIpc) is 3.11. The first-order chi connectivity index (χ1) is 9.26. The van der Waals surface area contributed by atoms with Crippen LogP contribution in [0, 0.1) is 17.8 Å². The van der Waals surface area contributed by atoms with Gasteiger partial charge in [-0.15, -0.1) is 0 Å². The van der Waals surface area contributed by atoms with Gasteiger partial charge in [0, 0.05) is 32.3 Å². The van der Waals surface area contributed by atoms with E-state index in [1.54, 1.807) is 0 Å². The van der Waals surface area contributed by atoms with E-state index in [0.29, 0.717) is 23.8 Å². The van der Waals surface area contributed by atoms with Gasteiger partial charge in [0.25, 0.3) is 0 Å². The van der Waals surface area contributed by atoms with Crippen LogP contribution in [0.25, 0.3) is 0 Å². The summed E-state index contributed by atoms with van der Waals surface area (Å²) in [5, 5.41) is 3.47. The number of nitrogens with zero attached hydrogens (tertiary/aromatic N) is 1. The number of nitrogens with one attached hydrogen (secondary N) is 1. The SMILES string of the molecule is CCC1OCCC1C(=O)N1CC2CNCC2C1CC. The molecular formula is C15H26N2O2. The van der Waals surface area contributed by atoms with Gasteiger partial charge in [-0.05, 0) is 31.1 Å². The maximum absolute atomic E-state index is 12.8. The summed E-state index contributed by atoms with van der Waals surface area (Å²) < 4.78 is 5.70. The Labute approximate surface area is 115 Å². The van der Waals surface area contributed by atoms with E-state index < -0.39 is 0 Å². The number of ether oxygens (including phenoxy) is 1. The molecule has 1 N–H and O–H groups in total. The molecule has 3 aliphatic rings. The fourth-order valence-electron chi connectivity index (χ4n) is 4.35. The molecule has 0 spiro atoms. The van der Waals surface area contributed by atoms with E-state index in [1.165, 1.54) is 0 Å². The monoisotopic (exact) mass is 266 g/mol. The zero-order valence-electron chi connectivity index (χ0n) is 12.1. The zero-order valence-corrected chi connectivity index (χ0v) is 12.1. The number of likely N-dealkylation sites (tertiary alicyclic amines) is 1. The van der Waals surface area contributed by atoms with Gasteiger partial charge in [-0.1, -0.05) is 13.8 Å². The van der Waals surface area contributed by atoms with Crippen molar-refractivity contribution in [2.24, 2.45) is 17.8 Å². The topological polar surface area (TPSA) is 41.6 Å². The van der Waals surface area contributed by atoms with Gasteiger partial charge in [0.1, 0.15) is 0 Å². The molecular weight excluding hydrogens is 240 g/mol. The minimum atomic E-state index is 0.117. The van der Waals surface area contributed by atoms with Crippen LogP contribution in [0.2, 0.25) is 0 Å². The lowest BCUT2D eigenvalue weighted by atomic mass is 9.92. The molecule has 4 heteroatoms. The Hall–Kier alpha value is -0.610. The Balaban J connectivity index is 1.72. The Morgan fingerprint density at radius 1 is 1.32 bits per heavy atom. The molecule has 0 aliphatic carbocycles. The Kier molecular flexibility index (Phi) is 3.81. The third kappa shape index (κ3) is 2.19. The molecule has 4 nitrogen and oxygen atoms in total. The van der Waals surface area contributed by atoms with Crippen LogP contribution < -0.4 is 5.32 Å². The largest absolute Gasteiger partial charge is 0.377 e. The Bertz CT molecular complexity index is 347. The van der Waals surface area contributed by atoms with E-state index in [4.69, 9.17) is 4.74 Å². The zero-order chi connectivity index (χ0) is 13.4. The van der Waals surface area contributed by atoms with Crippen LogP contribution in [0.3, 0.4) is 0 Å². The molecule has 0 aromatic rings. The highest BCUT2D eigenvalue weighted by atomic mass is 16.5. The Morgan fingerprint density at radius 2 is 2.16 bits per heavy atom. The van der Waals surface area contributed by atoms with E-state index in [2.05, 4.69) is 24.1 Å². The van der Waals surface area contributed by atoms with Crippen LogP contribution in [0.1, 0.15) is 33.1 Å². The number of hydrogen-bond donors (Lipinski definition) is 1. The van der Waals surface area contributed by atoms with Crippen LogP contribution in [0.15, 0.2) is 0 Å². The second-order valence-electron chi connectivity index (χ2n) is 6.26. The molecule has 5 atom stereocenters. The van der Waals surface area contributed by atoms with Crippen LogP contribution in [-0.2, 0) is 9.53 Å². The molecule has 3 rings (SSSR count). The van der Waals surface area contributed by atoms with E-state index in [-0.39, 0.29) is 12.0 Å². The first-order valence-corrected chi connectivity index (χ1v) is 7.89. The minimum absolute atomic E-state index is 0.117. The summed E-state index contributed by atoms with van der Waals surface area (Å²) in [7, 11) is 0. The predicted molar refractivity (Wildman–Crippen MR) is 73.8 cm³/mol. The summed E-state index contributed by atoms with van der Waals surface area (Å²) in [6.45, 7) is 8.23. The van der Waals surface area contributed by atoms with Crippen molar-refractivity contribution < 1.29 is 9.53 Å². The second kappa shape index (κ2) is 5.41. The van der Waals surface area contributed by atoms with Gasteiger partial charge < -0.3 is 15.0 Å². The number of carbonyl (C=O) groups is 1. The van der Waals surface area contributed by atoms with Crippen molar-refractivity contribution in [3.05, 3.63) is 0 Å². The average molecular weight is 266 g/mol. The van der Waals surface area contributed by atoms with Crippen molar-refractivity contribution in [1.29, 1.82) is 0 Å². The predicted octanol–water partition coefficient (Wildman–Crippen LogP) is 1.26. The van der Waals surface area contributed by atoms with Gasteiger partial charge in [-0.3, -0.25) is 4.79 Å². The molecule has 3 aliphatic heterocycles. The van der Waals surface area contributed by atoms with Gasteiger partial charge in [0.2, 0.25) is 5.91 Å². The highest BCUT2D eigenvalue weighted by Gasteiger charge is 2.47. The highest BCUT2D eigenvalue weighted by Crippen LogP contribution is 2.37. The van der Waals surface area contributed by atoms with Crippen molar-refractivity contribution in [3.8, 4) is 0 Å². The quantitative estimate of drug-likeness (QED) is 0.836. The maximum Gasteiger partial charge on any atom is 0.228 e. The van der Waals surface area contributed by atoms with Gasteiger partial charge in [-0.2, -0.15) is 0 Å². The lowest BCUT2D eigenvalue weighted by Crippen LogP contribution is -2.44. The van der Waals surface area contributed by atoms with Crippen molar-refractivity contribution in [2.75, 3.05) is 26.2 Å². The minimum Gasteiger partial charge on any atom is -0.377 e. The molecule has 0 saturated carbocycles. The van der Waals surface area contributed by atoms with Crippen LogP contribution >= 0.6 is 0 Å². The Morgan fingerprint density at radius 3 is 2.89 bits per heavy atom. The molecule has 3 fully saturated rings. The summed E-state index contributed by atoms with van der Waals surface area (Å²) in [6, 6.07) is 0.450. The maximum atomic E-state index is 12.8. The van der Waals surface area contributed by atoms with Gasteiger partial charge in [0.15, 0.2) is 0 Å². The molecule has 19 heavy (non-hydrogen) atoms. The van der Waals surface area contributed by atoms with Crippen molar-refractivity contribution in [2.45, 2.75) is 45.3 Å². The summed E-state index contributed by atoms with van der Waals surface area (Å²) >= 11 is 0. The molecule has 1 amide bonds. The van der Waals surface area contributed by atoms with Crippen LogP contribution in [-0.4, -0.2) is 49.2 Å². The third-order valence-electron chi connectivity index (χ3n) is 5.35. The van der Waals surface area contributed by atoms with E-state index in [0.717, 1.165) is 45.5 Å². The van der Waals surface area contributed by atoms with Crippen molar-refractivity contribution in [3.63, 3.8) is 0 Å². The number of hydrogen-bond acceptors (Lipinski definition) is 3. The lowest BCUT2D eigenvalue weighted by molar-refractivity contribution is -0.138. The number of fused-ring (bicyclic) bond motifs is 1. The van der Waals surface area contributed by atoms with Gasteiger partial charge in [0.05, 0.1) is 12.0 Å². The van der Waals surface area contributed by atoms with Crippen LogP contribution in [0.4, 0.5) is 0 Å². The van der Waals surface area contributed by atoms with Crippen molar-refractivity contribution >= 4 is 5.91 Å². The fourth-order valence-corrected chi connectivity index (χ4v) is 4.35. The smallest absolute Gasteiger partial charge is 0.228 e. The molecule has 0 bridgehead atoms. The van der Waals surface area contributed by atoms with Crippen LogP contribution in [0.5, 0.6) is 0 Å². The summed E-state index contributed by atoms with van der Waals surface area (Å²) in [5.41, 5.74) is 0. The summed E-state index contributed by atoms with van der Waals surface area (Å²) in [4.78, 5) is 15.0. The van der Waals surface area contributed by atoms with Gasteiger partial charge >= 0.3 is 0 Å². The van der Waals surface area contributed by atoms with E-state index in [1.807, 2.05) is 0 Å². The standard InChI is InChI=1S/C15H26N2O2/c1-3-13-12-8-16-7-10(12)9-17(13)15(18)11-5-6-19-14(11)4-2/h10-14,16H,3-9H2,1-2H3. The first kappa shape index (κ1) is 13.4. The molecule has 0 aromatic heterocycles. The van der Waals surface area contributed by atoms with E-state index in [9.17, 15) is 4.79 Å². The summed E-state index contributed by atoms with van der Waals surface area (Å²) in [5.74, 6) is 1.84. The molecule has 0 radical (unpaired) electrons. The number of amides is 1. The first-order valence-electron chi connectivity index (χ1n) is 7.89. The summed E-state index contributed by atoms with van der Waals surface area (Å²) in [6.07, 6.45) is 3.11. The third-order valence-corrected chi connectivity index (χ3v) is 5.35. The molecule has 3 saturated heterocycles. The number of carbonyl (C=O) groups excluding carboxylic acids is 1. The number of rotatable bonds is 3. The van der Waals surface area contributed by atoms with Gasteiger partial charge in [-0.25, -0.2) is 0 Å².